The largest absolute Gasteiger partial charge is 0.344 e. The fraction of sp³-hybridized carbons (Fsp3) is 0. The van der Waals surface area contributed by atoms with E-state index in [9.17, 15) is 0 Å². The van der Waals surface area contributed by atoms with Gasteiger partial charge in [-0.3, -0.25) is 0 Å². The maximum Gasteiger partial charge on any atom is 0.138 e. The van der Waals surface area contributed by atoms with Crippen molar-refractivity contribution in [3.8, 4) is 22.6 Å². The van der Waals surface area contributed by atoms with Crippen LogP contribution in [0.5, 0.6) is 0 Å². The van der Waals surface area contributed by atoms with Crippen molar-refractivity contribution >= 4 is 34.8 Å². The van der Waals surface area contributed by atoms with Crippen LogP contribution >= 0.6 is 23.4 Å². The van der Waals surface area contributed by atoms with E-state index < -0.39 is 0 Å². The molecule has 1 aliphatic rings. The minimum Gasteiger partial charge on any atom is -0.344 e. The molecule has 0 spiro atoms. The Labute approximate surface area is 201 Å². The summed E-state index contributed by atoms with van der Waals surface area (Å²) >= 11 is 7.88. The van der Waals surface area contributed by atoms with Crippen LogP contribution in [0.4, 0.5) is 5.69 Å². The molecule has 4 aromatic carbocycles. The molecule has 5 aromatic rings. The average molecular weight is 464 g/mol. The number of aliphatic imine (C=N–C) groups is 1. The Bertz CT molecular complexity index is 1490. The van der Waals surface area contributed by atoms with Gasteiger partial charge in [0.15, 0.2) is 0 Å². The number of aromatic amines is 1. The quantitative estimate of drug-likeness (QED) is 0.288. The van der Waals surface area contributed by atoms with Crippen LogP contribution in [0, 0.1) is 0 Å². The van der Waals surface area contributed by atoms with Gasteiger partial charge in [0.05, 0.1) is 17.1 Å². The lowest BCUT2D eigenvalue weighted by Crippen LogP contribution is -2.03. The molecular weight excluding hydrogens is 446 g/mol. The third-order valence-corrected chi connectivity index (χ3v) is 6.98. The molecule has 0 saturated carbocycles. The SMILES string of the molecule is Clc1ccc(C2=Nc3cc(-c4nc(-c5ccccc5)c[nH]4)ccc3Sc3ccccc32)cc1. The lowest BCUT2D eigenvalue weighted by molar-refractivity contribution is 1.29. The van der Waals surface area contributed by atoms with E-state index in [1.807, 2.05) is 48.7 Å². The molecule has 1 N–H and O–H groups in total. The van der Waals surface area contributed by atoms with Gasteiger partial charge in [-0.25, -0.2) is 9.98 Å². The Morgan fingerprint density at radius 3 is 2.30 bits per heavy atom. The lowest BCUT2D eigenvalue weighted by atomic mass is 10.0. The fourth-order valence-electron chi connectivity index (χ4n) is 3.94. The zero-order valence-electron chi connectivity index (χ0n) is 17.5. The number of nitrogens with one attached hydrogen (secondary N) is 1. The molecule has 2 heterocycles. The highest BCUT2D eigenvalue weighted by molar-refractivity contribution is 7.99. The molecule has 0 aliphatic carbocycles. The molecule has 158 valence electrons. The Hall–Kier alpha value is -3.60. The molecule has 0 fully saturated rings. The molecule has 3 nitrogen and oxygen atoms in total. The molecule has 33 heavy (non-hydrogen) atoms. The van der Waals surface area contributed by atoms with Gasteiger partial charge in [0.2, 0.25) is 0 Å². The Balaban J connectivity index is 1.46. The molecule has 0 bridgehead atoms. The van der Waals surface area contributed by atoms with Gasteiger partial charge in [0, 0.05) is 43.3 Å². The fourth-order valence-corrected chi connectivity index (χ4v) is 5.07. The van der Waals surface area contributed by atoms with Crippen LogP contribution in [0.3, 0.4) is 0 Å². The third kappa shape index (κ3) is 3.88. The van der Waals surface area contributed by atoms with Crippen LogP contribution in [0.1, 0.15) is 11.1 Å². The number of benzene rings is 4. The van der Waals surface area contributed by atoms with Gasteiger partial charge < -0.3 is 4.98 Å². The van der Waals surface area contributed by atoms with Crippen LogP contribution in [0.15, 0.2) is 118 Å². The van der Waals surface area contributed by atoms with E-state index in [2.05, 4.69) is 59.6 Å². The first-order chi connectivity index (χ1) is 16.2. The first-order valence-electron chi connectivity index (χ1n) is 10.6. The van der Waals surface area contributed by atoms with Crippen molar-refractivity contribution in [2.24, 2.45) is 4.99 Å². The van der Waals surface area contributed by atoms with E-state index in [4.69, 9.17) is 21.6 Å². The smallest absolute Gasteiger partial charge is 0.138 e. The van der Waals surface area contributed by atoms with Crippen LogP contribution < -0.4 is 0 Å². The van der Waals surface area contributed by atoms with Gasteiger partial charge in [0.1, 0.15) is 5.82 Å². The van der Waals surface area contributed by atoms with Crippen molar-refractivity contribution in [2.45, 2.75) is 9.79 Å². The summed E-state index contributed by atoms with van der Waals surface area (Å²) in [6.07, 6.45) is 1.95. The van der Waals surface area contributed by atoms with Crippen LogP contribution in [-0.2, 0) is 0 Å². The van der Waals surface area contributed by atoms with E-state index in [1.165, 1.54) is 4.90 Å². The maximum absolute atomic E-state index is 6.14. The number of imidazole rings is 1. The molecule has 0 atom stereocenters. The topological polar surface area (TPSA) is 41.0 Å². The molecule has 0 radical (unpaired) electrons. The van der Waals surface area contributed by atoms with Gasteiger partial charge in [0.25, 0.3) is 0 Å². The number of hydrogen-bond acceptors (Lipinski definition) is 3. The number of hydrogen-bond donors (Lipinski definition) is 1. The standard InChI is InChI=1S/C28H18ClN3S/c29-21-13-10-19(11-14-21)27-22-8-4-5-9-25(22)33-26-15-12-20(16-23(26)31-27)28-30-17-24(32-28)18-6-2-1-3-7-18/h1-17H,(H,30,32). The first kappa shape index (κ1) is 20.0. The van der Waals surface area contributed by atoms with E-state index in [-0.39, 0.29) is 0 Å². The average Bonchev–Trinajstić information content (AvgIpc) is 3.29. The van der Waals surface area contributed by atoms with E-state index >= 15 is 0 Å². The number of H-pyrrole nitrogens is 1. The van der Waals surface area contributed by atoms with Gasteiger partial charge in [-0.15, -0.1) is 0 Å². The van der Waals surface area contributed by atoms with Gasteiger partial charge in [-0.05, 0) is 36.4 Å². The number of fused-ring (bicyclic) bond motifs is 2. The molecular formula is C28H18ClN3S. The molecule has 6 rings (SSSR count). The summed E-state index contributed by atoms with van der Waals surface area (Å²) < 4.78 is 0. The second-order valence-electron chi connectivity index (χ2n) is 7.75. The molecule has 1 aromatic heterocycles. The van der Waals surface area contributed by atoms with E-state index in [1.54, 1.807) is 11.8 Å². The summed E-state index contributed by atoms with van der Waals surface area (Å²) in [5.74, 6) is 0.826. The second kappa shape index (κ2) is 8.39. The summed E-state index contributed by atoms with van der Waals surface area (Å²) in [5, 5.41) is 0.713. The zero-order valence-corrected chi connectivity index (χ0v) is 19.1. The maximum atomic E-state index is 6.14. The Morgan fingerprint density at radius 2 is 1.45 bits per heavy atom. The van der Waals surface area contributed by atoms with Crippen molar-refractivity contribution in [2.75, 3.05) is 0 Å². The van der Waals surface area contributed by atoms with Gasteiger partial charge in [-0.1, -0.05) is 84.0 Å². The summed E-state index contributed by atoms with van der Waals surface area (Å²) in [6.45, 7) is 0. The van der Waals surface area contributed by atoms with E-state index in [0.29, 0.717) is 5.02 Å². The summed E-state index contributed by atoms with van der Waals surface area (Å²) in [5.41, 5.74) is 7.03. The highest BCUT2D eigenvalue weighted by atomic mass is 35.5. The van der Waals surface area contributed by atoms with Gasteiger partial charge in [-0.2, -0.15) is 0 Å². The van der Waals surface area contributed by atoms with Crippen molar-refractivity contribution in [1.29, 1.82) is 0 Å². The molecule has 5 heteroatoms. The summed E-state index contributed by atoms with van der Waals surface area (Å²) in [4.78, 5) is 15.6. The van der Waals surface area contributed by atoms with Gasteiger partial charge >= 0.3 is 0 Å². The normalized spacial score (nSPS) is 12.5. The molecule has 0 amide bonds. The first-order valence-corrected chi connectivity index (χ1v) is 11.8. The van der Waals surface area contributed by atoms with Crippen molar-refractivity contribution in [3.05, 3.63) is 119 Å². The Morgan fingerprint density at radius 1 is 0.697 bits per heavy atom. The monoisotopic (exact) mass is 463 g/mol. The number of rotatable bonds is 3. The van der Waals surface area contributed by atoms with Crippen molar-refractivity contribution in [3.63, 3.8) is 0 Å². The third-order valence-electron chi connectivity index (χ3n) is 5.59. The molecule has 1 aliphatic heterocycles. The highest BCUT2D eigenvalue weighted by Gasteiger charge is 2.19. The van der Waals surface area contributed by atoms with Crippen molar-refractivity contribution < 1.29 is 0 Å². The minimum absolute atomic E-state index is 0.713. The van der Waals surface area contributed by atoms with E-state index in [0.717, 1.165) is 50.1 Å². The number of halogens is 1. The predicted molar refractivity (Wildman–Crippen MR) is 137 cm³/mol. The van der Waals surface area contributed by atoms with Crippen LogP contribution in [0.2, 0.25) is 5.02 Å². The van der Waals surface area contributed by atoms with Crippen molar-refractivity contribution in [1.82, 2.24) is 9.97 Å². The number of aromatic nitrogens is 2. The molecule has 0 saturated heterocycles. The minimum atomic E-state index is 0.713. The Kier molecular flexibility index (Phi) is 5.10. The highest BCUT2D eigenvalue weighted by Crippen LogP contribution is 2.42. The van der Waals surface area contributed by atoms with Crippen LogP contribution in [0.25, 0.3) is 22.6 Å². The zero-order chi connectivity index (χ0) is 22.2. The van der Waals surface area contributed by atoms with Crippen LogP contribution in [-0.4, -0.2) is 15.7 Å². The summed E-state index contributed by atoms with van der Waals surface area (Å²) in [6, 6.07) is 32.8. The molecule has 0 unspecified atom stereocenters. The lowest BCUT2D eigenvalue weighted by Gasteiger charge is -2.09. The second-order valence-corrected chi connectivity index (χ2v) is 9.27. The number of nitrogens with zero attached hydrogens (tertiary/aromatic N) is 2. The summed E-state index contributed by atoms with van der Waals surface area (Å²) in [7, 11) is 0. The predicted octanol–water partition coefficient (Wildman–Crippen LogP) is 8.03.